The summed E-state index contributed by atoms with van der Waals surface area (Å²) in [6.07, 6.45) is 3.49. The van der Waals surface area contributed by atoms with Gasteiger partial charge in [0.1, 0.15) is 11.5 Å². The lowest BCUT2D eigenvalue weighted by Crippen LogP contribution is -2.23. The molecule has 0 aliphatic heterocycles. The van der Waals surface area contributed by atoms with Crippen molar-refractivity contribution in [3.63, 3.8) is 0 Å². The lowest BCUT2D eigenvalue weighted by atomic mass is 10.1. The zero-order chi connectivity index (χ0) is 18.6. The average molecular weight is 377 g/mol. The second kappa shape index (κ2) is 7.55. The van der Waals surface area contributed by atoms with Crippen LogP contribution in [0.3, 0.4) is 0 Å². The van der Waals surface area contributed by atoms with E-state index in [0.29, 0.717) is 12.2 Å². The predicted octanol–water partition coefficient (Wildman–Crippen LogP) is 4.87. The summed E-state index contributed by atoms with van der Waals surface area (Å²) in [5.41, 5.74) is 5.00. The molecule has 0 aliphatic rings. The molecule has 1 aromatic carbocycles. The van der Waals surface area contributed by atoms with Gasteiger partial charge in [0.05, 0.1) is 5.69 Å². The van der Waals surface area contributed by atoms with Crippen LogP contribution in [0, 0.1) is 5.82 Å². The smallest absolute Gasteiger partial charge is 0.267 e. The second-order valence-electron chi connectivity index (χ2n) is 6.01. The van der Waals surface area contributed by atoms with Gasteiger partial charge in [0.15, 0.2) is 0 Å². The van der Waals surface area contributed by atoms with Crippen LogP contribution in [0.2, 0.25) is 0 Å². The zero-order valence-electron chi connectivity index (χ0n) is 14.3. The molecular weight excluding hydrogens is 361 g/mol. The number of nitrogens with zero attached hydrogens (tertiary/aromatic N) is 1. The molecule has 0 bridgehead atoms. The van der Waals surface area contributed by atoms with E-state index in [1.165, 1.54) is 12.1 Å². The molecule has 0 aliphatic carbocycles. The first-order chi connectivity index (χ1) is 13.2. The highest BCUT2D eigenvalue weighted by Crippen LogP contribution is 2.24. The van der Waals surface area contributed by atoms with E-state index >= 15 is 0 Å². The Kier molecular flexibility index (Phi) is 4.80. The Morgan fingerprint density at radius 1 is 1.11 bits per heavy atom. The largest absolute Gasteiger partial charge is 0.357 e. The first-order valence-corrected chi connectivity index (χ1v) is 9.34. The molecule has 2 N–H and O–H groups in total. The summed E-state index contributed by atoms with van der Waals surface area (Å²) < 4.78 is 13.1. The van der Waals surface area contributed by atoms with Crippen LogP contribution < -0.4 is 5.32 Å². The van der Waals surface area contributed by atoms with Crippen LogP contribution in [-0.4, -0.2) is 15.9 Å². The minimum Gasteiger partial charge on any atom is -0.357 e. The zero-order valence-corrected chi connectivity index (χ0v) is 15.1. The highest BCUT2D eigenvalue weighted by molar-refractivity contribution is 7.08. The Labute approximate surface area is 159 Å². The van der Waals surface area contributed by atoms with Gasteiger partial charge in [-0.15, -0.1) is 0 Å². The standard InChI is InChI=1S/C21H16FN3OS/c22-18-5-3-14(4-6-18)17-10-19(24-12-17)21(26)25-11-15-2-1-8-23-20(15)16-7-9-27-13-16/h1-10,12-13,24H,11H2,(H,25,26). The third-order valence-corrected chi connectivity index (χ3v) is 4.91. The summed E-state index contributed by atoms with van der Waals surface area (Å²) in [5.74, 6) is -0.492. The molecule has 0 radical (unpaired) electrons. The maximum atomic E-state index is 13.1. The van der Waals surface area contributed by atoms with Crippen molar-refractivity contribution in [2.45, 2.75) is 6.54 Å². The van der Waals surface area contributed by atoms with Crippen LogP contribution in [0.4, 0.5) is 4.39 Å². The molecule has 6 heteroatoms. The average Bonchev–Trinajstić information content (AvgIpc) is 3.39. The monoisotopic (exact) mass is 377 g/mol. The van der Waals surface area contributed by atoms with Crippen molar-refractivity contribution in [3.8, 4) is 22.4 Å². The molecule has 134 valence electrons. The van der Waals surface area contributed by atoms with Crippen molar-refractivity contribution in [1.82, 2.24) is 15.3 Å². The fourth-order valence-electron chi connectivity index (χ4n) is 2.85. The number of nitrogens with one attached hydrogen (secondary N) is 2. The Balaban J connectivity index is 1.47. The highest BCUT2D eigenvalue weighted by Gasteiger charge is 2.12. The van der Waals surface area contributed by atoms with Crippen molar-refractivity contribution >= 4 is 17.2 Å². The van der Waals surface area contributed by atoms with Gasteiger partial charge in [-0.3, -0.25) is 9.78 Å². The maximum absolute atomic E-state index is 13.1. The number of carbonyl (C=O) groups excluding carboxylic acids is 1. The topological polar surface area (TPSA) is 57.8 Å². The quantitative estimate of drug-likeness (QED) is 0.521. The molecule has 0 spiro atoms. The molecule has 27 heavy (non-hydrogen) atoms. The summed E-state index contributed by atoms with van der Waals surface area (Å²) in [6.45, 7) is 0.378. The Hall–Kier alpha value is -3.25. The molecular formula is C21H16FN3OS. The van der Waals surface area contributed by atoms with E-state index in [9.17, 15) is 9.18 Å². The molecule has 4 nitrogen and oxygen atoms in total. The lowest BCUT2D eigenvalue weighted by Gasteiger charge is -2.08. The summed E-state index contributed by atoms with van der Waals surface area (Å²) >= 11 is 1.61. The fourth-order valence-corrected chi connectivity index (χ4v) is 3.49. The number of pyridine rings is 1. The van der Waals surface area contributed by atoms with Gasteiger partial charge >= 0.3 is 0 Å². The maximum Gasteiger partial charge on any atom is 0.267 e. The van der Waals surface area contributed by atoms with E-state index in [0.717, 1.165) is 27.9 Å². The van der Waals surface area contributed by atoms with Gasteiger partial charge in [-0.25, -0.2) is 4.39 Å². The van der Waals surface area contributed by atoms with Gasteiger partial charge in [0.25, 0.3) is 5.91 Å². The predicted molar refractivity (Wildman–Crippen MR) is 105 cm³/mol. The number of aromatic nitrogens is 2. The summed E-state index contributed by atoms with van der Waals surface area (Å²) in [7, 11) is 0. The molecule has 0 saturated carbocycles. The molecule has 0 fully saturated rings. The fraction of sp³-hybridized carbons (Fsp3) is 0.0476. The van der Waals surface area contributed by atoms with E-state index in [1.807, 2.05) is 29.0 Å². The van der Waals surface area contributed by atoms with Crippen molar-refractivity contribution in [2.75, 3.05) is 0 Å². The van der Waals surface area contributed by atoms with E-state index < -0.39 is 0 Å². The third-order valence-electron chi connectivity index (χ3n) is 4.23. The van der Waals surface area contributed by atoms with Crippen molar-refractivity contribution < 1.29 is 9.18 Å². The second-order valence-corrected chi connectivity index (χ2v) is 6.79. The first-order valence-electron chi connectivity index (χ1n) is 8.40. The lowest BCUT2D eigenvalue weighted by molar-refractivity contribution is 0.0946. The van der Waals surface area contributed by atoms with Gasteiger partial charge < -0.3 is 10.3 Å². The number of rotatable bonds is 5. The number of halogens is 1. The van der Waals surface area contributed by atoms with Crippen molar-refractivity contribution in [3.05, 3.63) is 88.8 Å². The van der Waals surface area contributed by atoms with Gasteiger partial charge in [-0.2, -0.15) is 11.3 Å². The number of aromatic amines is 1. The van der Waals surface area contributed by atoms with Gasteiger partial charge in [0.2, 0.25) is 0 Å². The molecule has 0 saturated heterocycles. The van der Waals surface area contributed by atoms with Crippen molar-refractivity contribution in [2.24, 2.45) is 0 Å². The van der Waals surface area contributed by atoms with E-state index in [4.69, 9.17) is 0 Å². The van der Waals surface area contributed by atoms with Crippen LogP contribution >= 0.6 is 11.3 Å². The Morgan fingerprint density at radius 2 is 1.96 bits per heavy atom. The van der Waals surface area contributed by atoms with Gasteiger partial charge in [-0.1, -0.05) is 18.2 Å². The first kappa shape index (κ1) is 17.2. The van der Waals surface area contributed by atoms with E-state index in [1.54, 1.807) is 41.9 Å². The summed E-state index contributed by atoms with van der Waals surface area (Å²) in [6, 6.07) is 13.8. The normalized spacial score (nSPS) is 10.7. The van der Waals surface area contributed by atoms with E-state index in [-0.39, 0.29) is 11.7 Å². The molecule has 1 amide bonds. The van der Waals surface area contributed by atoms with E-state index in [2.05, 4.69) is 15.3 Å². The number of benzene rings is 1. The molecule has 4 rings (SSSR count). The molecule has 3 heterocycles. The number of carbonyl (C=O) groups is 1. The van der Waals surface area contributed by atoms with Gasteiger partial charge in [0, 0.05) is 29.9 Å². The molecule has 0 atom stereocenters. The molecule has 3 aromatic heterocycles. The Bertz CT molecular complexity index is 1060. The Morgan fingerprint density at radius 3 is 2.74 bits per heavy atom. The minimum atomic E-state index is -0.287. The van der Waals surface area contributed by atoms with Crippen LogP contribution in [-0.2, 0) is 6.54 Å². The highest BCUT2D eigenvalue weighted by atomic mass is 32.1. The summed E-state index contributed by atoms with van der Waals surface area (Å²) in [4.78, 5) is 19.9. The number of hydrogen-bond donors (Lipinski definition) is 2. The van der Waals surface area contributed by atoms with Crippen LogP contribution in [0.1, 0.15) is 16.1 Å². The van der Waals surface area contributed by atoms with Crippen LogP contribution in [0.5, 0.6) is 0 Å². The third kappa shape index (κ3) is 3.80. The number of thiophene rings is 1. The molecule has 0 unspecified atom stereocenters. The SMILES string of the molecule is O=C(NCc1cccnc1-c1ccsc1)c1cc(-c2ccc(F)cc2)c[nH]1. The number of hydrogen-bond acceptors (Lipinski definition) is 3. The number of H-pyrrole nitrogens is 1. The van der Waals surface area contributed by atoms with Crippen molar-refractivity contribution in [1.29, 1.82) is 0 Å². The molecule has 4 aromatic rings. The van der Waals surface area contributed by atoms with Crippen LogP contribution in [0.15, 0.2) is 71.7 Å². The minimum absolute atomic E-state index is 0.205. The van der Waals surface area contributed by atoms with Gasteiger partial charge in [-0.05, 0) is 52.4 Å². The summed E-state index contributed by atoms with van der Waals surface area (Å²) in [5, 5.41) is 6.96. The van der Waals surface area contributed by atoms with Crippen LogP contribution in [0.25, 0.3) is 22.4 Å². The number of amides is 1.